The summed E-state index contributed by atoms with van der Waals surface area (Å²) in [4.78, 5) is 4.15. The fourth-order valence-corrected chi connectivity index (χ4v) is 2.75. The lowest BCUT2D eigenvalue weighted by atomic mass is 10.1. The summed E-state index contributed by atoms with van der Waals surface area (Å²) < 4.78 is 1.75. The van der Waals surface area contributed by atoms with Gasteiger partial charge in [-0.15, -0.1) is 10.2 Å². The van der Waals surface area contributed by atoms with Crippen molar-refractivity contribution in [1.82, 2.24) is 25.0 Å². The zero-order valence-electron chi connectivity index (χ0n) is 10.9. The number of hydrogen-bond acceptors (Lipinski definition) is 6. The van der Waals surface area contributed by atoms with Crippen LogP contribution in [0.25, 0.3) is 0 Å². The third-order valence-electron chi connectivity index (χ3n) is 2.98. The molecule has 2 aromatic heterocycles. The van der Waals surface area contributed by atoms with E-state index in [1.807, 2.05) is 7.05 Å². The molecule has 0 aliphatic heterocycles. The van der Waals surface area contributed by atoms with Gasteiger partial charge in [0.05, 0.1) is 6.54 Å². The van der Waals surface area contributed by atoms with E-state index in [2.05, 4.69) is 39.4 Å². The quantitative estimate of drug-likeness (QED) is 0.868. The molecule has 98 valence electrons. The molecule has 2 heterocycles. The van der Waals surface area contributed by atoms with Gasteiger partial charge in [-0.2, -0.15) is 5.10 Å². The maximum absolute atomic E-state index is 4.24. The Labute approximate surface area is 110 Å². The minimum atomic E-state index is 0.521. The Morgan fingerprint density at radius 3 is 2.72 bits per heavy atom. The molecule has 0 radical (unpaired) electrons. The summed E-state index contributed by atoms with van der Waals surface area (Å²) in [5.41, 5.74) is 0. The summed E-state index contributed by atoms with van der Waals surface area (Å²) in [5, 5.41) is 17.6. The highest BCUT2D eigenvalue weighted by Crippen LogP contribution is 2.28. The van der Waals surface area contributed by atoms with Crippen molar-refractivity contribution in [2.24, 2.45) is 7.05 Å². The summed E-state index contributed by atoms with van der Waals surface area (Å²) in [6.07, 6.45) is 3.76. The molecule has 6 nitrogen and oxygen atoms in total. The first kappa shape index (κ1) is 12.9. The van der Waals surface area contributed by atoms with Gasteiger partial charge in [-0.1, -0.05) is 25.2 Å². The van der Waals surface area contributed by atoms with E-state index in [0.717, 1.165) is 28.8 Å². The third kappa shape index (κ3) is 2.84. The van der Waals surface area contributed by atoms with Crippen molar-refractivity contribution in [3.8, 4) is 0 Å². The molecule has 0 saturated carbocycles. The molecule has 0 aliphatic rings. The lowest BCUT2D eigenvalue weighted by molar-refractivity contribution is 0.630. The highest BCUT2D eigenvalue weighted by atomic mass is 32.1. The van der Waals surface area contributed by atoms with Gasteiger partial charge in [-0.3, -0.25) is 4.68 Å². The molecule has 7 heteroatoms. The van der Waals surface area contributed by atoms with Gasteiger partial charge in [0, 0.05) is 13.0 Å². The van der Waals surface area contributed by atoms with Crippen molar-refractivity contribution in [2.75, 3.05) is 5.32 Å². The van der Waals surface area contributed by atoms with E-state index in [4.69, 9.17) is 0 Å². The number of anilines is 1. The minimum absolute atomic E-state index is 0.521. The Hall–Kier alpha value is -1.50. The third-order valence-corrected chi connectivity index (χ3v) is 4.02. The average Bonchev–Trinajstić information content (AvgIpc) is 2.98. The van der Waals surface area contributed by atoms with E-state index < -0.39 is 0 Å². The molecule has 2 aromatic rings. The predicted molar refractivity (Wildman–Crippen MR) is 71.6 cm³/mol. The molecule has 0 spiro atoms. The summed E-state index contributed by atoms with van der Waals surface area (Å²) in [6, 6.07) is 0. The van der Waals surface area contributed by atoms with Gasteiger partial charge < -0.3 is 5.32 Å². The van der Waals surface area contributed by atoms with Crippen molar-refractivity contribution in [2.45, 2.75) is 39.2 Å². The fourth-order valence-electron chi connectivity index (χ4n) is 1.74. The normalized spacial score (nSPS) is 11.1. The highest BCUT2D eigenvalue weighted by Gasteiger charge is 2.13. The van der Waals surface area contributed by atoms with Crippen molar-refractivity contribution >= 4 is 16.5 Å². The van der Waals surface area contributed by atoms with Crippen LogP contribution in [0.1, 0.15) is 43.4 Å². The molecule has 0 unspecified atom stereocenters. The molecular weight excluding hydrogens is 248 g/mol. The van der Waals surface area contributed by atoms with Crippen molar-refractivity contribution in [3.63, 3.8) is 0 Å². The van der Waals surface area contributed by atoms with E-state index in [0.29, 0.717) is 12.5 Å². The second-order valence-electron chi connectivity index (χ2n) is 4.11. The van der Waals surface area contributed by atoms with Crippen molar-refractivity contribution in [1.29, 1.82) is 0 Å². The zero-order valence-corrected chi connectivity index (χ0v) is 11.7. The number of hydrogen-bond donors (Lipinski definition) is 1. The van der Waals surface area contributed by atoms with Crippen LogP contribution in [-0.2, 0) is 13.6 Å². The van der Waals surface area contributed by atoms with E-state index in [1.165, 1.54) is 0 Å². The van der Waals surface area contributed by atoms with Crippen LogP contribution in [0.5, 0.6) is 0 Å². The highest BCUT2D eigenvalue weighted by molar-refractivity contribution is 7.15. The number of aromatic nitrogens is 5. The second-order valence-corrected chi connectivity index (χ2v) is 5.12. The van der Waals surface area contributed by atoms with Crippen LogP contribution in [0, 0.1) is 0 Å². The summed E-state index contributed by atoms with van der Waals surface area (Å²) >= 11 is 1.63. The van der Waals surface area contributed by atoms with Crippen LogP contribution in [0.3, 0.4) is 0 Å². The van der Waals surface area contributed by atoms with Gasteiger partial charge in [0.1, 0.15) is 17.2 Å². The molecule has 18 heavy (non-hydrogen) atoms. The zero-order chi connectivity index (χ0) is 13.0. The first-order valence-corrected chi connectivity index (χ1v) is 6.96. The van der Waals surface area contributed by atoms with Gasteiger partial charge in [0.15, 0.2) is 0 Å². The Morgan fingerprint density at radius 1 is 1.33 bits per heavy atom. The monoisotopic (exact) mass is 266 g/mol. The molecule has 0 amide bonds. The first-order valence-electron chi connectivity index (χ1n) is 6.14. The van der Waals surface area contributed by atoms with E-state index in [-0.39, 0.29) is 0 Å². The van der Waals surface area contributed by atoms with Crippen LogP contribution < -0.4 is 5.32 Å². The molecule has 0 atom stereocenters. The smallest absolute Gasteiger partial charge is 0.206 e. The van der Waals surface area contributed by atoms with Crippen LogP contribution in [-0.4, -0.2) is 25.0 Å². The number of nitrogens with one attached hydrogen (secondary N) is 1. The molecule has 1 N–H and O–H groups in total. The van der Waals surface area contributed by atoms with E-state index in [9.17, 15) is 0 Å². The molecule has 2 rings (SSSR count). The second kappa shape index (κ2) is 5.90. The Bertz CT molecular complexity index is 487. The van der Waals surface area contributed by atoms with Crippen LogP contribution in [0.4, 0.5) is 5.13 Å². The molecular formula is C11H18N6S. The molecule has 0 fully saturated rings. The molecule has 0 aliphatic carbocycles. The standard InChI is InChI=1S/C11H18N6S/c1-4-8(5-2)10-15-16-11(18-10)12-6-9-13-7-14-17(9)3/h7-8H,4-6H2,1-3H3,(H,12,16). The SMILES string of the molecule is CCC(CC)c1nnc(NCc2ncnn2C)s1. The summed E-state index contributed by atoms with van der Waals surface area (Å²) in [6.45, 7) is 4.98. The molecule has 0 bridgehead atoms. The van der Waals surface area contributed by atoms with Gasteiger partial charge in [-0.05, 0) is 12.8 Å². The average molecular weight is 266 g/mol. The van der Waals surface area contributed by atoms with Gasteiger partial charge in [0.25, 0.3) is 0 Å². The van der Waals surface area contributed by atoms with Gasteiger partial charge in [0.2, 0.25) is 5.13 Å². The summed E-state index contributed by atoms with van der Waals surface area (Å²) in [5.74, 6) is 1.40. The number of rotatable bonds is 6. The molecule has 0 aromatic carbocycles. The Kier molecular flexibility index (Phi) is 4.24. The lowest BCUT2D eigenvalue weighted by Gasteiger charge is -2.05. The van der Waals surface area contributed by atoms with Gasteiger partial charge in [-0.25, -0.2) is 4.98 Å². The lowest BCUT2D eigenvalue weighted by Crippen LogP contribution is -2.06. The molecule has 0 saturated heterocycles. The van der Waals surface area contributed by atoms with E-state index in [1.54, 1.807) is 22.3 Å². The van der Waals surface area contributed by atoms with Crippen molar-refractivity contribution in [3.05, 3.63) is 17.2 Å². The topological polar surface area (TPSA) is 68.5 Å². The van der Waals surface area contributed by atoms with Gasteiger partial charge >= 0.3 is 0 Å². The number of aryl methyl sites for hydroxylation is 1. The fraction of sp³-hybridized carbons (Fsp3) is 0.636. The minimum Gasteiger partial charge on any atom is -0.353 e. The maximum Gasteiger partial charge on any atom is 0.206 e. The van der Waals surface area contributed by atoms with Crippen molar-refractivity contribution < 1.29 is 0 Å². The number of nitrogens with zero attached hydrogens (tertiary/aromatic N) is 5. The first-order chi connectivity index (χ1) is 8.74. The van der Waals surface area contributed by atoms with Crippen LogP contribution >= 0.6 is 11.3 Å². The van der Waals surface area contributed by atoms with Crippen LogP contribution in [0.2, 0.25) is 0 Å². The predicted octanol–water partition coefficient (Wildman–Crippen LogP) is 2.18. The largest absolute Gasteiger partial charge is 0.353 e. The Morgan fingerprint density at radius 2 is 2.11 bits per heavy atom. The summed E-state index contributed by atoms with van der Waals surface area (Å²) in [7, 11) is 1.87. The maximum atomic E-state index is 4.24. The van der Waals surface area contributed by atoms with Crippen LogP contribution in [0.15, 0.2) is 6.33 Å². The Balaban J connectivity index is 1.97. The van der Waals surface area contributed by atoms with E-state index >= 15 is 0 Å².